The van der Waals surface area contributed by atoms with Gasteiger partial charge in [0, 0.05) is 30.8 Å². The third-order valence-electron chi connectivity index (χ3n) is 2.46. The van der Waals surface area contributed by atoms with Crippen LogP contribution in [-0.2, 0) is 4.79 Å². The second-order valence-corrected chi connectivity index (χ2v) is 3.67. The molecule has 98 valence electrons. The van der Waals surface area contributed by atoms with Crippen molar-refractivity contribution >= 4 is 17.2 Å². The molecule has 1 aromatic rings. The summed E-state index contributed by atoms with van der Waals surface area (Å²) >= 11 is 0. The largest absolute Gasteiger partial charge is 0.493 e. The summed E-state index contributed by atoms with van der Waals surface area (Å²) in [5.74, 6) is 0.917. The minimum atomic E-state index is -0.129. The molecule has 0 aliphatic carbocycles. The predicted molar refractivity (Wildman–Crippen MR) is 71.7 cm³/mol. The van der Waals surface area contributed by atoms with Crippen LogP contribution in [0.5, 0.6) is 11.5 Å². The van der Waals surface area contributed by atoms with E-state index in [0.717, 1.165) is 0 Å². The first-order valence-electron chi connectivity index (χ1n) is 5.62. The maximum atomic E-state index is 11.6. The van der Waals surface area contributed by atoms with E-state index in [1.165, 1.54) is 21.1 Å². The monoisotopic (exact) mass is 250 g/mol. The van der Waals surface area contributed by atoms with Gasteiger partial charge in [-0.15, -0.1) is 0 Å². The van der Waals surface area contributed by atoms with Crippen molar-refractivity contribution in [3.8, 4) is 11.5 Å². The van der Waals surface area contributed by atoms with Gasteiger partial charge in [0.1, 0.15) is 5.71 Å². The number of Topliss-reactive ketones (excluding diaryl/α,β-unsaturated/α-hetero) is 1. The number of aliphatic imine (C=N–C) groups is 1. The topological polar surface area (TPSA) is 73.9 Å². The summed E-state index contributed by atoms with van der Waals surface area (Å²) in [5, 5.41) is 0. The van der Waals surface area contributed by atoms with Crippen LogP contribution in [0.25, 0.3) is 0 Å². The van der Waals surface area contributed by atoms with Gasteiger partial charge >= 0.3 is 0 Å². The van der Waals surface area contributed by atoms with Crippen LogP contribution in [0.2, 0.25) is 0 Å². The number of hydrogen-bond acceptors (Lipinski definition) is 5. The summed E-state index contributed by atoms with van der Waals surface area (Å²) in [6.45, 7) is 3.84. The van der Waals surface area contributed by atoms with Crippen LogP contribution < -0.4 is 15.2 Å². The molecule has 0 heterocycles. The van der Waals surface area contributed by atoms with Crippen molar-refractivity contribution in [3.05, 3.63) is 17.7 Å². The van der Waals surface area contributed by atoms with Gasteiger partial charge in [-0.05, 0) is 13.0 Å². The van der Waals surface area contributed by atoms with E-state index in [0.29, 0.717) is 35.0 Å². The van der Waals surface area contributed by atoms with Gasteiger partial charge in [-0.25, -0.2) is 0 Å². The Balaban J connectivity index is 3.40. The lowest BCUT2D eigenvalue weighted by atomic mass is 10.0. The summed E-state index contributed by atoms with van der Waals surface area (Å²) < 4.78 is 10.3. The lowest BCUT2D eigenvalue weighted by Crippen LogP contribution is -2.15. The van der Waals surface area contributed by atoms with Crippen LogP contribution in [0.3, 0.4) is 0 Å². The molecule has 1 aromatic carbocycles. The number of hydrogen-bond donors (Lipinski definition) is 1. The van der Waals surface area contributed by atoms with Gasteiger partial charge in [0.05, 0.1) is 14.2 Å². The maximum Gasteiger partial charge on any atom is 0.178 e. The van der Waals surface area contributed by atoms with Crippen LogP contribution in [0.4, 0.5) is 5.69 Å². The number of nitrogen functional groups attached to an aromatic ring is 1. The first kappa shape index (κ1) is 14.0. The Labute approximate surface area is 107 Å². The average Bonchev–Trinajstić information content (AvgIpc) is 2.35. The molecule has 0 aliphatic rings. The molecule has 0 saturated carbocycles. The van der Waals surface area contributed by atoms with Crippen molar-refractivity contribution < 1.29 is 14.3 Å². The first-order valence-corrected chi connectivity index (χ1v) is 5.62. The normalized spacial score (nSPS) is 11.2. The number of ether oxygens (including phenoxy) is 2. The molecule has 5 nitrogen and oxygen atoms in total. The molecule has 0 aromatic heterocycles. The number of ketones is 1. The number of rotatable bonds is 5. The second-order valence-electron chi connectivity index (χ2n) is 3.67. The summed E-state index contributed by atoms with van der Waals surface area (Å²) in [5.41, 5.74) is 7.29. The Morgan fingerprint density at radius 3 is 2.28 bits per heavy atom. The Bertz CT molecular complexity index is 481. The number of carbonyl (C=O) groups is 1. The molecule has 0 saturated heterocycles. The van der Waals surface area contributed by atoms with Gasteiger partial charge in [-0.1, -0.05) is 0 Å². The molecule has 5 heteroatoms. The molecular weight excluding hydrogens is 232 g/mol. The van der Waals surface area contributed by atoms with Gasteiger partial charge < -0.3 is 15.2 Å². The van der Waals surface area contributed by atoms with E-state index in [1.807, 2.05) is 6.92 Å². The van der Waals surface area contributed by atoms with E-state index in [-0.39, 0.29) is 5.78 Å². The van der Waals surface area contributed by atoms with Crippen molar-refractivity contribution in [2.45, 2.75) is 13.8 Å². The highest BCUT2D eigenvalue weighted by Crippen LogP contribution is 2.32. The second kappa shape index (κ2) is 6.05. The van der Waals surface area contributed by atoms with E-state index >= 15 is 0 Å². The van der Waals surface area contributed by atoms with Gasteiger partial charge in [0.15, 0.2) is 17.3 Å². The van der Waals surface area contributed by atoms with E-state index < -0.39 is 0 Å². The summed E-state index contributed by atoms with van der Waals surface area (Å²) in [4.78, 5) is 15.8. The summed E-state index contributed by atoms with van der Waals surface area (Å²) in [7, 11) is 3.06. The summed E-state index contributed by atoms with van der Waals surface area (Å²) in [6, 6.07) is 3.30. The lowest BCUT2D eigenvalue weighted by Gasteiger charge is -2.12. The quantitative estimate of drug-likeness (QED) is 0.637. The Kier molecular flexibility index (Phi) is 4.71. The van der Waals surface area contributed by atoms with Crippen LogP contribution in [0, 0.1) is 0 Å². The lowest BCUT2D eigenvalue weighted by molar-refractivity contribution is -0.111. The van der Waals surface area contributed by atoms with Crippen LogP contribution >= 0.6 is 0 Å². The zero-order chi connectivity index (χ0) is 13.7. The number of benzene rings is 1. The molecule has 0 fully saturated rings. The number of methoxy groups -OCH3 is 2. The smallest absolute Gasteiger partial charge is 0.178 e. The van der Waals surface area contributed by atoms with Crippen molar-refractivity contribution in [1.29, 1.82) is 0 Å². The number of anilines is 1. The van der Waals surface area contributed by atoms with Crippen LogP contribution in [0.1, 0.15) is 19.4 Å². The molecule has 0 unspecified atom stereocenters. The number of nitrogens with two attached hydrogens (primary N) is 1. The van der Waals surface area contributed by atoms with Crippen molar-refractivity contribution in [1.82, 2.24) is 0 Å². The zero-order valence-corrected chi connectivity index (χ0v) is 11.1. The Morgan fingerprint density at radius 2 is 1.83 bits per heavy atom. The van der Waals surface area contributed by atoms with E-state index in [9.17, 15) is 4.79 Å². The fourth-order valence-electron chi connectivity index (χ4n) is 1.64. The molecule has 0 aliphatic heterocycles. The summed E-state index contributed by atoms with van der Waals surface area (Å²) in [6.07, 6.45) is 0. The van der Waals surface area contributed by atoms with Crippen LogP contribution in [-0.4, -0.2) is 32.3 Å². The van der Waals surface area contributed by atoms with E-state index in [2.05, 4.69) is 4.99 Å². The van der Waals surface area contributed by atoms with E-state index in [1.54, 1.807) is 12.1 Å². The van der Waals surface area contributed by atoms with E-state index in [4.69, 9.17) is 15.2 Å². The Morgan fingerprint density at radius 1 is 1.28 bits per heavy atom. The third kappa shape index (κ3) is 2.80. The highest BCUT2D eigenvalue weighted by atomic mass is 16.5. The maximum absolute atomic E-state index is 11.6. The highest BCUT2D eigenvalue weighted by molar-refractivity contribution is 6.46. The molecule has 1 rings (SSSR count). The minimum absolute atomic E-state index is 0.129. The average molecular weight is 250 g/mol. The molecule has 0 amide bonds. The Hall–Kier alpha value is -2.04. The molecule has 0 bridgehead atoms. The first-order chi connectivity index (χ1) is 8.54. The third-order valence-corrected chi connectivity index (χ3v) is 2.46. The van der Waals surface area contributed by atoms with Crippen molar-refractivity contribution in [2.75, 3.05) is 26.5 Å². The SMILES string of the molecule is CCN=C(C(C)=O)c1cc(OC)c(OC)cc1N. The van der Waals surface area contributed by atoms with Gasteiger partial charge in [0.25, 0.3) is 0 Å². The molecule has 0 spiro atoms. The van der Waals surface area contributed by atoms with Gasteiger partial charge in [-0.2, -0.15) is 0 Å². The highest BCUT2D eigenvalue weighted by Gasteiger charge is 2.16. The van der Waals surface area contributed by atoms with Crippen molar-refractivity contribution in [2.24, 2.45) is 4.99 Å². The molecule has 0 radical (unpaired) electrons. The molecule has 2 N–H and O–H groups in total. The fourth-order valence-corrected chi connectivity index (χ4v) is 1.64. The zero-order valence-electron chi connectivity index (χ0n) is 11.1. The molecule has 18 heavy (non-hydrogen) atoms. The molecule has 0 atom stereocenters. The van der Waals surface area contributed by atoms with Gasteiger partial charge in [0.2, 0.25) is 0 Å². The standard InChI is InChI=1S/C13H18N2O3/c1-5-15-13(8(2)16)9-6-11(17-3)12(18-4)7-10(9)14/h6-7H,5,14H2,1-4H3. The number of carbonyl (C=O) groups excluding carboxylic acids is 1. The van der Waals surface area contributed by atoms with Gasteiger partial charge in [-0.3, -0.25) is 9.79 Å². The predicted octanol–water partition coefficient (Wildman–Crippen LogP) is 1.68. The minimum Gasteiger partial charge on any atom is -0.493 e. The van der Waals surface area contributed by atoms with Crippen molar-refractivity contribution in [3.63, 3.8) is 0 Å². The van der Waals surface area contributed by atoms with Crippen LogP contribution in [0.15, 0.2) is 17.1 Å². The molecular formula is C13H18N2O3. The number of nitrogens with zero attached hydrogens (tertiary/aromatic N) is 1. The fraction of sp³-hybridized carbons (Fsp3) is 0.385.